The molecule has 1 amide bonds. The van der Waals surface area contributed by atoms with Crippen LogP contribution >= 0.6 is 0 Å². The highest BCUT2D eigenvalue weighted by molar-refractivity contribution is 6.12. The predicted molar refractivity (Wildman–Crippen MR) is 183 cm³/mol. The highest BCUT2D eigenvalue weighted by Gasteiger charge is 2.37. The van der Waals surface area contributed by atoms with Gasteiger partial charge in [-0.1, -0.05) is 62.4 Å². The van der Waals surface area contributed by atoms with Crippen LogP contribution in [0, 0.1) is 5.82 Å². The van der Waals surface area contributed by atoms with E-state index in [1.165, 1.54) is 12.1 Å². The Morgan fingerprint density at radius 3 is 2.13 bits per heavy atom. The molecule has 0 aliphatic carbocycles. The Bertz CT molecular complexity index is 1660. The van der Waals surface area contributed by atoms with Crippen molar-refractivity contribution < 1.29 is 28.2 Å². The summed E-state index contributed by atoms with van der Waals surface area (Å²) in [5, 5.41) is 3.12. The second-order valence-electron chi connectivity index (χ2n) is 13.1. The number of para-hydroxylation sites is 1. The van der Waals surface area contributed by atoms with Crippen LogP contribution in [0.15, 0.2) is 84.9 Å². The van der Waals surface area contributed by atoms with Crippen LogP contribution in [-0.2, 0) is 25.5 Å². The number of aromatic nitrogens is 1. The maximum Gasteiger partial charge on any atom is 0.308 e. The molecule has 1 fully saturated rings. The van der Waals surface area contributed by atoms with E-state index in [0.29, 0.717) is 30.6 Å². The van der Waals surface area contributed by atoms with E-state index < -0.39 is 5.79 Å². The summed E-state index contributed by atoms with van der Waals surface area (Å²) in [5.74, 6) is -1.77. The van der Waals surface area contributed by atoms with Crippen molar-refractivity contribution in [2.75, 3.05) is 5.32 Å². The van der Waals surface area contributed by atoms with E-state index in [9.17, 15) is 14.0 Å². The summed E-state index contributed by atoms with van der Waals surface area (Å²) < 4.78 is 34.3. The van der Waals surface area contributed by atoms with Crippen molar-refractivity contribution in [2.24, 2.45) is 0 Å². The Morgan fingerprint density at radius 1 is 0.894 bits per heavy atom. The third-order valence-electron chi connectivity index (χ3n) is 8.15. The first-order chi connectivity index (χ1) is 22.4. The minimum atomic E-state index is -0.890. The van der Waals surface area contributed by atoms with Gasteiger partial charge in [0.15, 0.2) is 5.79 Å². The molecule has 1 aromatic heterocycles. The Labute approximate surface area is 277 Å². The lowest BCUT2D eigenvalue weighted by atomic mass is 9.94. The quantitative estimate of drug-likeness (QED) is 0.166. The van der Waals surface area contributed by atoms with E-state index in [4.69, 9.17) is 14.2 Å². The Kier molecular flexibility index (Phi) is 10.6. The molecular formula is C39H45FN2O5. The largest absolute Gasteiger partial charge is 0.463 e. The van der Waals surface area contributed by atoms with E-state index in [0.717, 1.165) is 28.1 Å². The molecule has 2 atom stereocenters. The molecule has 7 nitrogen and oxygen atoms in total. The lowest BCUT2D eigenvalue weighted by Crippen LogP contribution is -2.45. The van der Waals surface area contributed by atoms with Crippen molar-refractivity contribution in [2.45, 2.75) is 97.4 Å². The fraction of sp³-hybridized carbons (Fsp3) is 0.385. The van der Waals surface area contributed by atoms with Crippen molar-refractivity contribution in [3.05, 3.63) is 102 Å². The van der Waals surface area contributed by atoms with Gasteiger partial charge >= 0.3 is 5.97 Å². The first kappa shape index (κ1) is 34.1. The molecule has 1 aliphatic heterocycles. The van der Waals surface area contributed by atoms with Gasteiger partial charge in [-0.2, -0.15) is 0 Å². The van der Waals surface area contributed by atoms with Gasteiger partial charge in [0.1, 0.15) is 5.82 Å². The highest BCUT2D eigenvalue weighted by atomic mass is 19.1. The molecule has 0 spiro atoms. The Morgan fingerprint density at radius 2 is 1.51 bits per heavy atom. The van der Waals surface area contributed by atoms with E-state index in [2.05, 4.69) is 23.7 Å². The Hall–Kier alpha value is -4.27. The number of carbonyl (C=O) groups is 2. The molecule has 5 rings (SSSR count). The molecule has 3 aromatic carbocycles. The summed E-state index contributed by atoms with van der Waals surface area (Å²) >= 11 is 0. The van der Waals surface area contributed by atoms with Crippen LogP contribution < -0.4 is 5.32 Å². The number of anilines is 1. The molecule has 4 aromatic rings. The van der Waals surface area contributed by atoms with Crippen LogP contribution in [0.5, 0.6) is 0 Å². The summed E-state index contributed by atoms with van der Waals surface area (Å²) in [4.78, 5) is 26.9. The van der Waals surface area contributed by atoms with Crippen LogP contribution in [0.1, 0.15) is 82.8 Å². The monoisotopic (exact) mass is 640 g/mol. The summed E-state index contributed by atoms with van der Waals surface area (Å²) in [6.07, 6.45) is 0.484. The van der Waals surface area contributed by atoms with Gasteiger partial charge in [0.2, 0.25) is 0 Å². The normalized spacial score (nSPS) is 17.6. The standard InChI is InChI=1S/C39H45FN2O5/c1-25(2)36-35(38(44)41-30-15-11-8-12-16-30)34(27-13-9-7-10-14-27)37(28-17-19-29(40)20-18-28)42(36)22-21-31-23-32(47-39(5,6)46-31)24-33(43)45-26(3)4/h7-20,25-26,31-32H,21-24H2,1-6H3,(H,41,44). The minimum absolute atomic E-state index is 0.0335. The molecule has 0 saturated carbocycles. The van der Waals surface area contributed by atoms with Crippen molar-refractivity contribution in [1.29, 1.82) is 0 Å². The maximum atomic E-state index is 14.3. The van der Waals surface area contributed by atoms with Crippen LogP contribution in [-0.4, -0.2) is 40.5 Å². The molecule has 8 heteroatoms. The summed E-state index contributed by atoms with van der Waals surface area (Å²) in [5.41, 5.74) is 5.46. The number of hydrogen-bond donors (Lipinski definition) is 1. The van der Waals surface area contributed by atoms with Crippen LogP contribution in [0.3, 0.4) is 0 Å². The third kappa shape index (κ3) is 8.37. The fourth-order valence-corrected chi connectivity index (χ4v) is 6.50. The molecule has 1 N–H and O–H groups in total. The molecule has 248 valence electrons. The topological polar surface area (TPSA) is 78.8 Å². The van der Waals surface area contributed by atoms with Gasteiger partial charge in [-0.3, -0.25) is 9.59 Å². The van der Waals surface area contributed by atoms with E-state index >= 15 is 0 Å². The smallest absolute Gasteiger partial charge is 0.308 e. The number of nitrogens with one attached hydrogen (secondary N) is 1. The SMILES string of the molecule is CC(C)OC(=O)CC1CC(CCn2c(-c3ccc(F)cc3)c(-c3ccccc3)c(C(=O)Nc3ccccc3)c2C(C)C)OC(C)(C)O1. The van der Waals surface area contributed by atoms with E-state index in [1.54, 1.807) is 12.1 Å². The molecular weight excluding hydrogens is 595 g/mol. The first-order valence-corrected chi connectivity index (χ1v) is 16.4. The number of hydrogen-bond acceptors (Lipinski definition) is 5. The number of benzene rings is 3. The fourth-order valence-electron chi connectivity index (χ4n) is 6.50. The van der Waals surface area contributed by atoms with Gasteiger partial charge < -0.3 is 24.1 Å². The van der Waals surface area contributed by atoms with Crippen LogP contribution in [0.4, 0.5) is 10.1 Å². The zero-order chi connectivity index (χ0) is 33.7. The first-order valence-electron chi connectivity index (χ1n) is 16.4. The maximum absolute atomic E-state index is 14.3. The van der Waals surface area contributed by atoms with Crippen LogP contribution in [0.2, 0.25) is 0 Å². The third-order valence-corrected chi connectivity index (χ3v) is 8.15. The number of carbonyl (C=O) groups excluding carboxylic acids is 2. The zero-order valence-corrected chi connectivity index (χ0v) is 28.1. The van der Waals surface area contributed by atoms with E-state index in [1.807, 2.05) is 88.4 Å². The van der Waals surface area contributed by atoms with Gasteiger partial charge in [-0.15, -0.1) is 0 Å². The molecule has 1 saturated heterocycles. The highest BCUT2D eigenvalue weighted by Crippen LogP contribution is 2.43. The number of rotatable bonds is 11. The van der Waals surface area contributed by atoms with Crippen molar-refractivity contribution >= 4 is 17.6 Å². The van der Waals surface area contributed by atoms with Gasteiger partial charge in [0.05, 0.1) is 36.0 Å². The zero-order valence-electron chi connectivity index (χ0n) is 28.1. The lowest BCUT2D eigenvalue weighted by Gasteiger charge is -2.41. The van der Waals surface area contributed by atoms with Gasteiger partial charge in [0.25, 0.3) is 5.91 Å². The van der Waals surface area contributed by atoms with E-state index in [-0.39, 0.29) is 48.3 Å². The summed E-state index contributed by atoms with van der Waals surface area (Å²) in [6, 6.07) is 25.7. The van der Waals surface area contributed by atoms with Gasteiger partial charge in [-0.25, -0.2) is 4.39 Å². The average molecular weight is 641 g/mol. The van der Waals surface area contributed by atoms with Gasteiger partial charge in [-0.05, 0) is 87.6 Å². The number of nitrogens with zero attached hydrogens (tertiary/aromatic N) is 1. The number of esters is 1. The second kappa shape index (κ2) is 14.7. The molecule has 1 aliphatic rings. The number of ether oxygens (including phenoxy) is 3. The molecule has 2 heterocycles. The van der Waals surface area contributed by atoms with Crippen molar-refractivity contribution in [3.63, 3.8) is 0 Å². The van der Waals surface area contributed by atoms with Gasteiger partial charge in [0, 0.05) is 29.9 Å². The average Bonchev–Trinajstić information content (AvgIpc) is 3.36. The molecule has 2 unspecified atom stereocenters. The second-order valence-corrected chi connectivity index (χ2v) is 13.1. The number of halogens is 1. The minimum Gasteiger partial charge on any atom is -0.463 e. The van der Waals surface area contributed by atoms with Crippen LogP contribution in [0.25, 0.3) is 22.4 Å². The van der Waals surface area contributed by atoms with Crippen molar-refractivity contribution in [3.8, 4) is 22.4 Å². The number of amides is 1. The summed E-state index contributed by atoms with van der Waals surface area (Å²) in [6.45, 7) is 12.1. The predicted octanol–water partition coefficient (Wildman–Crippen LogP) is 8.98. The molecule has 0 bridgehead atoms. The molecule has 47 heavy (non-hydrogen) atoms. The lowest BCUT2D eigenvalue weighted by molar-refractivity contribution is -0.301. The molecule has 0 radical (unpaired) electrons. The summed E-state index contributed by atoms with van der Waals surface area (Å²) in [7, 11) is 0. The Balaban J connectivity index is 1.60. The van der Waals surface area contributed by atoms with Crippen molar-refractivity contribution in [1.82, 2.24) is 4.57 Å².